The Labute approximate surface area is 118 Å². The lowest BCUT2D eigenvalue weighted by molar-refractivity contribution is 0.616. The maximum Gasteiger partial charge on any atom is 0.148 e. The van der Waals surface area contributed by atoms with Gasteiger partial charge in [-0.05, 0) is 12.1 Å². The Hall–Kier alpha value is -2.14. The third kappa shape index (κ3) is 3.20. The Morgan fingerprint density at radius 3 is 2.26 bits per heavy atom. The molecule has 0 spiro atoms. The predicted octanol–water partition coefficient (Wildman–Crippen LogP) is 2.03. The molecule has 0 saturated heterocycles. The minimum absolute atomic E-state index is 0. The van der Waals surface area contributed by atoms with Gasteiger partial charge in [-0.15, -0.1) is 12.4 Å². The number of rotatable bonds is 2. The highest BCUT2D eigenvalue weighted by Gasteiger charge is 2.13. The predicted molar refractivity (Wildman–Crippen MR) is 79.6 cm³/mol. The van der Waals surface area contributed by atoms with Gasteiger partial charge >= 0.3 is 0 Å². The summed E-state index contributed by atoms with van der Waals surface area (Å²) < 4.78 is 0. The molecular formula is C13H16ClN5. The fourth-order valence-electron chi connectivity index (χ4n) is 1.58. The van der Waals surface area contributed by atoms with Gasteiger partial charge in [-0.3, -0.25) is 10.4 Å². The van der Waals surface area contributed by atoms with Crippen molar-refractivity contribution < 1.29 is 0 Å². The van der Waals surface area contributed by atoms with Crippen LogP contribution < -0.4 is 5.73 Å². The molecule has 0 atom stereocenters. The summed E-state index contributed by atoms with van der Waals surface area (Å²) in [6.45, 7) is 0. The first-order chi connectivity index (χ1) is 8.59. The standard InChI is InChI=1S/C13H15N5.ClH/c1-18(2)13(15)12-11(16-7-8-17-12)9-3-5-10(14)6-4-9;/h3-8,15H,14H2,1-2H3;1H. The summed E-state index contributed by atoms with van der Waals surface area (Å²) in [7, 11) is 3.62. The number of benzene rings is 1. The quantitative estimate of drug-likeness (QED) is 0.500. The van der Waals surface area contributed by atoms with E-state index in [-0.39, 0.29) is 12.4 Å². The van der Waals surface area contributed by atoms with Crippen molar-refractivity contribution in [3.05, 3.63) is 42.4 Å². The number of aromatic nitrogens is 2. The van der Waals surface area contributed by atoms with E-state index in [0.717, 1.165) is 5.56 Å². The van der Waals surface area contributed by atoms with E-state index in [0.29, 0.717) is 22.9 Å². The molecule has 5 nitrogen and oxygen atoms in total. The van der Waals surface area contributed by atoms with Crippen molar-refractivity contribution in [3.63, 3.8) is 0 Å². The minimum Gasteiger partial charge on any atom is -0.399 e. The van der Waals surface area contributed by atoms with Crippen LogP contribution in [0.1, 0.15) is 5.69 Å². The second-order valence-electron chi connectivity index (χ2n) is 4.12. The second-order valence-corrected chi connectivity index (χ2v) is 4.12. The maximum atomic E-state index is 8.02. The van der Waals surface area contributed by atoms with Crippen LogP contribution in [0.3, 0.4) is 0 Å². The fourth-order valence-corrected chi connectivity index (χ4v) is 1.58. The first-order valence-electron chi connectivity index (χ1n) is 5.53. The van der Waals surface area contributed by atoms with Crippen LogP contribution in [0.4, 0.5) is 5.69 Å². The zero-order valence-corrected chi connectivity index (χ0v) is 11.6. The number of anilines is 1. The highest BCUT2D eigenvalue weighted by atomic mass is 35.5. The van der Waals surface area contributed by atoms with Crippen molar-refractivity contribution in [1.82, 2.24) is 14.9 Å². The average Bonchev–Trinajstić information content (AvgIpc) is 2.39. The first kappa shape index (κ1) is 14.9. The molecule has 3 N–H and O–H groups in total. The van der Waals surface area contributed by atoms with E-state index >= 15 is 0 Å². The Bertz CT molecular complexity index is 566. The van der Waals surface area contributed by atoms with Gasteiger partial charge in [0.15, 0.2) is 0 Å². The molecule has 1 heterocycles. The normalized spacial score (nSPS) is 9.58. The molecule has 0 unspecified atom stereocenters. The second kappa shape index (κ2) is 6.15. The van der Waals surface area contributed by atoms with E-state index in [4.69, 9.17) is 11.1 Å². The monoisotopic (exact) mass is 277 g/mol. The molecule has 0 aliphatic rings. The Morgan fingerprint density at radius 2 is 1.68 bits per heavy atom. The zero-order valence-electron chi connectivity index (χ0n) is 10.8. The van der Waals surface area contributed by atoms with Crippen molar-refractivity contribution >= 4 is 23.9 Å². The third-order valence-electron chi connectivity index (χ3n) is 2.55. The molecule has 1 aromatic heterocycles. The molecule has 0 aliphatic carbocycles. The molecule has 19 heavy (non-hydrogen) atoms. The molecule has 0 amide bonds. The third-order valence-corrected chi connectivity index (χ3v) is 2.55. The summed E-state index contributed by atoms with van der Waals surface area (Å²) >= 11 is 0. The van der Waals surface area contributed by atoms with Crippen molar-refractivity contribution in [2.75, 3.05) is 19.8 Å². The Morgan fingerprint density at radius 1 is 1.11 bits per heavy atom. The van der Waals surface area contributed by atoms with Crippen LogP contribution in [0, 0.1) is 5.41 Å². The number of nitrogens with zero attached hydrogens (tertiary/aromatic N) is 3. The summed E-state index contributed by atoms with van der Waals surface area (Å²) in [5, 5.41) is 8.02. The summed E-state index contributed by atoms with van der Waals surface area (Å²) in [5.74, 6) is 0.329. The van der Waals surface area contributed by atoms with E-state index in [1.165, 1.54) is 0 Å². The smallest absolute Gasteiger partial charge is 0.148 e. The van der Waals surface area contributed by atoms with Gasteiger partial charge in [0.25, 0.3) is 0 Å². The lowest BCUT2D eigenvalue weighted by atomic mass is 10.1. The topological polar surface area (TPSA) is 78.9 Å². The number of nitrogens with one attached hydrogen (secondary N) is 1. The van der Waals surface area contributed by atoms with Crippen molar-refractivity contribution in [2.24, 2.45) is 0 Å². The molecule has 0 saturated carbocycles. The van der Waals surface area contributed by atoms with E-state index < -0.39 is 0 Å². The Balaban J connectivity index is 0.00000180. The molecule has 0 bridgehead atoms. The van der Waals surface area contributed by atoms with Crippen LogP contribution in [0.2, 0.25) is 0 Å². The molecule has 1 aromatic carbocycles. The molecule has 2 rings (SSSR count). The maximum absolute atomic E-state index is 8.02. The molecule has 6 heteroatoms. The number of halogens is 1. The molecule has 0 radical (unpaired) electrons. The van der Waals surface area contributed by atoms with Crippen LogP contribution in [0.15, 0.2) is 36.7 Å². The molecule has 100 valence electrons. The summed E-state index contributed by atoms with van der Waals surface area (Å²) in [5.41, 5.74) is 8.52. The van der Waals surface area contributed by atoms with Crippen molar-refractivity contribution in [1.29, 1.82) is 5.41 Å². The van der Waals surface area contributed by atoms with Gasteiger partial charge in [-0.1, -0.05) is 12.1 Å². The molecule has 2 aromatic rings. The highest BCUT2D eigenvalue weighted by molar-refractivity contribution is 5.99. The van der Waals surface area contributed by atoms with Gasteiger partial charge in [0.1, 0.15) is 11.5 Å². The molecular weight excluding hydrogens is 262 g/mol. The Kier molecular flexibility index (Phi) is 4.83. The van der Waals surface area contributed by atoms with Gasteiger partial charge in [0.05, 0.1) is 5.69 Å². The highest BCUT2D eigenvalue weighted by Crippen LogP contribution is 2.21. The van der Waals surface area contributed by atoms with Gasteiger partial charge in [0, 0.05) is 37.7 Å². The summed E-state index contributed by atoms with van der Waals surface area (Å²) in [6.07, 6.45) is 3.21. The van der Waals surface area contributed by atoms with Crippen molar-refractivity contribution in [2.45, 2.75) is 0 Å². The summed E-state index contributed by atoms with van der Waals surface area (Å²) in [6, 6.07) is 7.39. The van der Waals surface area contributed by atoms with Crippen LogP contribution >= 0.6 is 12.4 Å². The average molecular weight is 278 g/mol. The lowest BCUT2D eigenvalue weighted by Crippen LogP contribution is -2.23. The fraction of sp³-hybridized carbons (Fsp3) is 0.154. The number of amidine groups is 1. The molecule has 0 aliphatic heterocycles. The zero-order chi connectivity index (χ0) is 13.1. The van der Waals surface area contributed by atoms with Gasteiger partial charge in [-0.2, -0.15) is 0 Å². The SMILES string of the molecule is CN(C)C(=N)c1nccnc1-c1ccc(N)cc1.Cl. The van der Waals surface area contributed by atoms with Crippen LogP contribution in [0.25, 0.3) is 11.3 Å². The summed E-state index contributed by atoms with van der Waals surface area (Å²) in [4.78, 5) is 10.2. The van der Waals surface area contributed by atoms with E-state index in [9.17, 15) is 0 Å². The van der Waals surface area contributed by atoms with Gasteiger partial charge in [-0.25, -0.2) is 4.98 Å². The van der Waals surface area contributed by atoms with Crippen molar-refractivity contribution in [3.8, 4) is 11.3 Å². The van der Waals surface area contributed by atoms with E-state index in [2.05, 4.69) is 9.97 Å². The van der Waals surface area contributed by atoms with Crippen LogP contribution in [-0.4, -0.2) is 34.8 Å². The van der Waals surface area contributed by atoms with Gasteiger partial charge in [0.2, 0.25) is 0 Å². The number of nitrogens with two attached hydrogens (primary N) is 1. The van der Waals surface area contributed by atoms with E-state index in [1.807, 2.05) is 38.4 Å². The van der Waals surface area contributed by atoms with Crippen LogP contribution in [0.5, 0.6) is 0 Å². The first-order valence-corrected chi connectivity index (χ1v) is 5.53. The van der Waals surface area contributed by atoms with Gasteiger partial charge < -0.3 is 10.6 Å². The van der Waals surface area contributed by atoms with E-state index in [1.54, 1.807) is 17.3 Å². The minimum atomic E-state index is 0. The largest absolute Gasteiger partial charge is 0.399 e. The number of nitrogen functional groups attached to an aromatic ring is 1. The number of hydrogen-bond acceptors (Lipinski definition) is 4. The van der Waals surface area contributed by atoms with Crippen LogP contribution in [-0.2, 0) is 0 Å². The number of hydrogen-bond donors (Lipinski definition) is 2. The molecule has 0 fully saturated rings. The lowest BCUT2D eigenvalue weighted by Gasteiger charge is -2.15.